The van der Waals surface area contributed by atoms with E-state index in [1.807, 2.05) is 25.7 Å². The average Bonchev–Trinajstić information content (AvgIpc) is 2.58. The molecule has 2 aliphatic rings. The first-order valence-corrected chi connectivity index (χ1v) is 6.75. The van der Waals surface area contributed by atoms with Crippen LogP contribution in [0.2, 0.25) is 0 Å². The van der Waals surface area contributed by atoms with Gasteiger partial charge < -0.3 is 9.64 Å². The number of hydrogen-bond acceptors (Lipinski definition) is 2. The first-order valence-electron chi connectivity index (χ1n) is 5.50. The van der Waals surface area contributed by atoms with Gasteiger partial charge in [-0.3, -0.25) is 0 Å². The van der Waals surface area contributed by atoms with Gasteiger partial charge in [-0.05, 0) is 39.5 Å². The van der Waals surface area contributed by atoms with E-state index in [1.54, 1.807) is 0 Å². The van der Waals surface area contributed by atoms with Gasteiger partial charge in [-0.2, -0.15) is 0 Å². The van der Waals surface area contributed by atoms with Crippen LogP contribution >= 0.6 is 22.6 Å². The Kier molecular flexibility index (Phi) is 2.90. The summed E-state index contributed by atoms with van der Waals surface area (Å²) in [6.07, 6.45) is 2.19. The lowest BCUT2D eigenvalue weighted by Crippen LogP contribution is -2.43. The van der Waals surface area contributed by atoms with E-state index >= 15 is 0 Å². The second-order valence-electron chi connectivity index (χ2n) is 5.53. The van der Waals surface area contributed by atoms with Crippen molar-refractivity contribution in [3.63, 3.8) is 0 Å². The molecular formula is C11H18INO2. The van der Waals surface area contributed by atoms with Crippen molar-refractivity contribution in [3.05, 3.63) is 0 Å². The Labute approximate surface area is 105 Å². The quantitative estimate of drug-likeness (QED) is 0.507. The van der Waals surface area contributed by atoms with E-state index in [2.05, 4.69) is 22.6 Å². The minimum atomic E-state index is -0.372. The van der Waals surface area contributed by atoms with Crippen LogP contribution in [0.5, 0.6) is 0 Å². The smallest absolute Gasteiger partial charge is 0.410 e. The zero-order chi connectivity index (χ0) is 11.2. The summed E-state index contributed by atoms with van der Waals surface area (Å²) in [7, 11) is 0. The van der Waals surface area contributed by atoms with Crippen LogP contribution in [0.4, 0.5) is 4.79 Å². The van der Waals surface area contributed by atoms with E-state index in [0.717, 1.165) is 16.9 Å². The summed E-state index contributed by atoms with van der Waals surface area (Å²) in [5.74, 6) is 0.697. The number of carbonyl (C=O) groups is 1. The third kappa shape index (κ3) is 2.40. The molecule has 0 aromatic rings. The number of carbonyl (C=O) groups excluding carboxylic acids is 1. The number of piperidine rings is 1. The SMILES string of the molecule is CC(C)(C)OC(=O)N1C[C@H]2C[C@@H]1CC2I. The predicted octanol–water partition coefficient (Wildman–Crippen LogP) is 2.82. The number of amides is 1. The number of halogens is 1. The van der Waals surface area contributed by atoms with Crippen molar-refractivity contribution in [2.45, 2.75) is 49.2 Å². The lowest BCUT2D eigenvalue weighted by atomic mass is 10.1. The largest absolute Gasteiger partial charge is 0.444 e. The molecular weight excluding hydrogens is 305 g/mol. The minimum absolute atomic E-state index is 0.127. The summed E-state index contributed by atoms with van der Waals surface area (Å²) in [6.45, 7) is 6.65. The van der Waals surface area contributed by atoms with Crippen molar-refractivity contribution >= 4 is 28.7 Å². The van der Waals surface area contributed by atoms with Crippen molar-refractivity contribution < 1.29 is 9.53 Å². The molecule has 0 N–H and O–H groups in total. The highest BCUT2D eigenvalue weighted by molar-refractivity contribution is 14.1. The van der Waals surface area contributed by atoms with Crippen LogP contribution in [0.25, 0.3) is 0 Å². The molecule has 1 heterocycles. The molecule has 3 nitrogen and oxygen atoms in total. The zero-order valence-electron chi connectivity index (χ0n) is 9.50. The van der Waals surface area contributed by atoms with Crippen molar-refractivity contribution in [2.75, 3.05) is 6.54 Å². The van der Waals surface area contributed by atoms with Gasteiger partial charge in [0.1, 0.15) is 5.60 Å². The van der Waals surface area contributed by atoms with Gasteiger partial charge in [0.2, 0.25) is 0 Å². The molecule has 0 spiro atoms. The van der Waals surface area contributed by atoms with Crippen LogP contribution in [0.3, 0.4) is 0 Å². The van der Waals surface area contributed by atoms with E-state index in [0.29, 0.717) is 12.0 Å². The lowest BCUT2D eigenvalue weighted by molar-refractivity contribution is 0.0196. The number of rotatable bonds is 0. The molecule has 4 heteroatoms. The lowest BCUT2D eigenvalue weighted by Gasteiger charge is -2.31. The van der Waals surface area contributed by atoms with Gasteiger partial charge in [0.15, 0.2) is 0 Å². The normalized spacial score (nSPS) is 34.7. The summed E-state index contributed by atoms with van der Waals surface area (Å²) in [5, 5.41) is 0. The molecule has 1 aliphatic heterocycles. The molecule has 86 valence electrons. The monoisotopic (exact) mass is 323 g/mol. The third-order valence-corrected chi connectivity index (χ3v) is 4.61. The Morgan fingerprint density at radius 3 is 2.47 bits per heavy atom. The summed E-state index contributed by atoms with van der Waals surface area (Å²) < 4.78 is 6.15. The second kappa shape index (κ2) is 3.79. The van der Waals surface area contributed by atoms with E-state index in [4.69, 9.17) is 4.74 Å². The van der Waals surface area contributed by atoms with Crippen LogP contribution in [-0.4, -0.2) is 33.1 Å². The maximum atomic E-state index is 11.9. The Morgan fingerprint density at radius 1 is 1.40 bits per heavy atom. The third-order valence-electron chi connectivity index (χ3n) is 3.08. The molecule has 3 atom stereocenters. The average molecular weight is 323 g/mol. The zero-order valence-corrected chi connectivity index (χ0v) is 11.7. The van der Waals surface area contributed by atoms with Gasteiger partial charge in [0.25, 0.3) is 0 Å². The predicted molar refractivity (Wildman–Crippen MR) is 67.3 cm³/mol. The highest BCUT2D eigenvalue weighted by atomic mass is 127. The fourth-order valence-corrected chi connectivity index (χ4v) is 3.54. The van der Waals surface area contributed by atoms with Gasteiger partial charge in [0.05, 0.1) is 0 Å². The summed E-state index contributed by atoms with van der Waals surface area (Å²) in [6, 6.07) is 0.437. The molecule has 2 rings (SSSR count). The summed E-state index contributed by atoms with van der Waals surface area (Å²) in [5.41, 5.74) is -0.372. The van der Waals surface area contributed by atoms with E-state index in [1.165, 1.54) is 6.42 Å². The molecule has 2 bridgehead atoms. The molecule has 1 aliphatic carbocycles. The van der Waals surface area contributed by atoms with Gasteiger partial charge in [-0.25, -0.2) is 4.79 Å². The molecule has 0 aromatic heterocycles. The number of likely N-dealkylation sites (tertiary alicyclic amines) is 1. The summed E-state index contributed by atoms with van der Waals surface area (Å²) >= 11 is 2.51. The van der Waals surface area contributed by atoms with Crippen molar-refractivity contribution in [1.29, 1.82) is 0 Å². The Morgan fingerprint density at radius 2 is 2.07 bits per heavy atom. The molecule has 1 saturated heterocycles. The van der Waals surface area contributed by atoms with Crippen LogP contribution in [-0.2, 0) is 4.74 Å². The highest BCUT2D eigenvalue weighted by Crippen LogP contribution is 2.42. The molecule has 0 radical (unpaired) electrons. The van der Waals surface area contributed by atoms with E-state index < -0.39 is 0 Å². The molecule has 15 heavy (non-hydrogen) atoms. The minimum Gasteiger partial charge on any atom is -0.444 e. The van der Waals surface area contributed by atoms with Gasteiger partial charge in [0, 0.05) is 16.5 Å². The topological polar surface area (TPSA) is 29.5 Å². The number of hydrogen-bond donors (Lipinski definition) is 0. The van der Waals surface area contributed by atoms with Crippen LogP contribution in [0.1, 0.15) is 33.6 Å². The van der Waals surface area contributed by atoms with Crippen LogP contribution in [0, 0.1) is 5.92 Å². The molecule has 1 unspecified atom stereocenters. The van der Waals surface area contributed by atoms with E-state index in [-0.39, 0.29) is 11.7 Å². The number of fused-ring (bicyclic) bond motifs is 2. The van der Waals surface area contributed by atoms with Crippen LogP contribution in [0.15, 0.2) is 0 Å². The second-order valence-corrected chi connectivity index (χ2v) is 7.13. The maximum absolute atomic E-state index is 11.9. The fourth-order valence-electron chi connectivity index (χ4n) is 2.43. The van der Waals surface area contributed by atoms with Gasteiger partial charge >= 0.3 is 6.09 Å². The molecule has 0 aromatic carbocycles. The van der Waals surface area contributed by atoms with Crippen molar-refractivity contribution in [3.8, 4) is 0 Å². The van der Waals surface area contributed by atoms with E-state index in [9.17, 15) is 4.79 Å². The summed E-state index contributed by atoms with van der Waals surface area (Å²) in [4.78, 5) is 13.8. The highest BCUT2D eigenvalue weighted by Gasteiger charge is 2.46. The first-order chi connectivity index (χ1) is 6.87. The molecule has 1 saturated carbocycles. The number of nitrogens with zero attached hydrogens (tertiary/aromatic N) is 1. The number of ether oxygens (including phenoxy) is 1. The molecule has 2 fully saturated rings. The molecule has 1 amide bonds. The first kappa shape index (κ1) is 11.5. The van der Waals surface area contributed by atoms with Crippen LogP contribution < -0.4 is 0 Å². The Hall–Kier alpha value is 0. The van der Waals surface area contributed by atoms with Gasteiger partial charge in [-0.15, -0.1) is 0 Å². The van der Waals surface area contributed by atoms with Crippen molar-refractivity contribution in [1.82, 2.24) is 4.90 Å². The standard InChI is InChI=1S/C11H18INO2/c1-11(2,3)15-10(14)13-6-7-4-8(13)5-9(7)12/h7-9H,4-6H2,1-3H3/t7-,8-,9?/m1/s1. The maximum Gasteiger partial charge on any atom is 0.410 e. The van der Waals surface area contributed by atoms with Gasteiger partial charge in [-0.1, -0.05) is 22.6 Å². The number of alkyl halides is 1. The fraction of sp³-hybridized carbons (Fsp3) is 0.909. The Balaban J connectivity index is 1.94. The van der Waals surface area contributed by atoms with Crippen molar-refractivity contribution in [2.24, 2.45) is 5.92 Å². The Bertz CT molecular complexity index is 272.